The van der Waals surface area contributed by atoms with Crippen LogP contribution in [-0.4, -0.2) is 9.55 Å². The molecule has 0 radical (unpaired) electrons. The molecule has 3 aromatic rings. The van der Waals surface area contributed by atoms with E-state index in [4.69, 9.17) is 23.2 Å². The lowest BCUT2D eigenvalue weighted by Gasteiger charge is -2.09. The molecule has 6 heteroatoms. The predicted octanol–water partition coefficient (Wildman–Crippen LogP) is 4.70. The molecule has 0 saturated heterocycles. The van der Waals surface area contributed by atoms with Gasteiger partial charge in [0.1, 0.15) is 17.5 Å². The smallest absolute Gasteiger partial charge is 0.147 e. The average Bonchev–Trinajstić information content (AvgIpc) is 2.79. The van der Waals surface area contributed by atoms with Crippen LogP contribution in [0.3, 0.4) is 0 Å². The van der Waals surface area contributed by atoms with E-state index in [1.807, 2.05) is 0 Å². The number of halogens is 4. The van der Waals surface area contributed by atoms with Crippen molar-refractivity contribution in [3.8, 4) is 5.69 Å². The van der Waals surface area contributed by atoms with Gasteiger partial charge < -0.3 is 0 Å². The second kappa shape index (κ2) is 5.04. The maximum Gasteiger partial charge on any atom is 0.147 e. The third kappa shape index (κ3) is 2.15. The zero-order chi connectivity index (χ0) is 14.3. The molecule has 1 aromatic heterocycles. The number of hydrogen-bond acceptors (Lipinski definition) is 1. The third-order valence-corrected chi connectivity index (χ3v) is 3.43. The highest BCUT2D eigenvalue weighted by Gasteiger charge is 2.15. The lowest BCUT2D eigenvalue weighted by Crippen LogP contribution is -2.02. The molecule has 0 unspecified atom stereocenters. The van der Waals surface area contributed by atoms with Crippen molar-refractivity contribution in [3.63, 3.8) is 0 Å². The fourth-order valence-electron chi connectivity index (χ4n) is 2.11. The van der Waals surface area contributed by atoms with Gasteiger partial charge in [-0.1, -0.05) is 11.6 Å². The Labute approximate surface area is 123 Å². The summed E-state index contributed by atoms with van der Waals surface area (Å²) in [5, 5.41) is 0.375. The Morgan fingerprint density at radius 3 is 2.65 bits per heavy atom. The molecule has 2 nitrogen and oxygen atoms in total. The van der Waals surface area contributed by atoms with Gasteiger partial charge in [-0.3, -0.25) is 4.57 Å². The Balaban J connectivity index is 2.39. The van der Waals surface area contributed by atoms with Crippen molar-refractivity contribution >= 4 is 34.2 Å². The minimum absolute atomic E-state index is 0.0717. The van der Waals surface area contributed by atoms with Gasteiger partial charge in [-0.25, -0.2) is 13.8 Å². The van der Waals surface area contributed by atoms with Crippen molar-refractivity contribution in [2.45, 2.75) is 5.88 Å². The van der Waals surface area contributed by atoms with Crippen LogP contribution in [0.5, 0.6) is 0 Å². The van der Waals surface area contributed by atoms with E-state index < -0.39 is 11.6 Å². The first-order valence-corrected chi connectivity index (χ1v) is 6.69. The highest BCUT2D eigenvalue weighted by Crippen LogP contribution is 2.27. The number of fused-ring (bicyclic) bond motifs is 1. The fourth-order valence-corrected chi connectivity index (χ4v) is 2.46. The monoisotopic (exact) mass is 312 g/mol. The topological polar surface area (TPSA) is 17.8 Å². The molecule has 20 heavy (non-hydrogen) atoms. The number of alkyl halides is 1. The molecule has 0 N–H and O–H groups in total. The van der Waals surface area contributed by atoms with Gasteiger partial charge in [0.15, 0.2) is 0 Å². The average molecular weight is 313 g/mol. The van der Waals surface area contributed by atoms with Gasteiger partial charge in [0.25, 0.3) is 0 Å². The number of imidazole rings is 1. The van der Waals surface area contributed by atoms with Gasteiger partial charge in [-0.15, -0.1) is 11.6 Å². The zero-order valence-electron chi connectivity index (χ0n) is 10.1. The molecule has 0 amide bonds. The quantitative estimate of drug-likeness (QED) is 0.627. The summed E-state index contributed by atoms with van der Waals surface area (Å²) in [4.78, 5) is 4.27. The molecule has 0 fully saturated rings. The molecular formula is C14H8Cl2F2N2. The summed E-state index contributed by atoms with van der Waals surface area (Å²) in [6.45, 7) is 0. The summed E-state index contributed by atoms with van der Waals surface area (Å²) in [6.07, 6.45) is 0. The summed E-state index contributed by atoms with van der Waals surface area (Å²) < 4.78 is 28.9. The van der Waals surface area contributed by atoms with E-state index >= 15 is 0 Å². The van der Waals surface area contributed by atoms with Crippen LogP contribution in [0.1, 0.15) is 5.82 Å². The van der Waals surface area contributed by atoms with Crippen molar-refractivity contribution in [1.82, 2.24) is 9.55 Å². The van der Waals surface area contributed by atoms with E-state index in [1.54, 1.807) is 0 Å². The normalized spacial score (nSPS) is 11.2. The first-order chi connectivity index (χ1) is 9.60. The van der Waals surface area contributed by atoms with E-state index in [9.17, 15) is 8.78 Å². The molecule has 0 saturated carbocycles. The van der Waals surface area contributed by atoms with Gasteiger partial charge in [0, 0.05) is 11.1 Å². The molecule has 1 heterocycles. The van der Waals surface area contributed by atoms with Gasteiger partial charge >= 0.3 is 0 Å². The van der Waals surface area contributed by atoms with Crippen LogP contribution >= 0.6 is 23.2 Å². The molecule has 0 aliphatic carbocycles. The summed E-state index contributed by atoms with van der Waals surface area (Å²) >= 11 is 11.8. The summed E-state index contributed by atoms with van der Waals surface area (Å²) in [7, 11) is 0. The van der Waals surface area contributed by atoms with Crippen LogP contribution < -0.4 is 0 Å². The minimum Gasteiger partial charge on any atom is -0.292 e. The first kappa shape index (κ1) is 13.3. The fraction of sp³-hybridized carbons (Fsp3) is 0.0714. The van der Waals surface area contributed by atoms with Crippen LogP contribution in [0.25, 0.3) is 16.7 Å². The zero-order valence-corrected chi connectivity index (χ0v) is 11.6. The maximum absolute atomic E-state index is 14.0. The minimum atomic E-state index is -0.482. The molecule has 0 spiro atoms. The number of hydrogen-bond donors (Lipinski definition) is 0. The van der Waals surface area contributed by atoms with Crippen molar-refractivity contribution in [1.29, 1.82) is 0 Å². The van der Waals surface area contributed by atoms with Gasteiger partial charge in [0.05, 0.1) is 22.6 Å². The molecular weight excluding hydrogens is 305 g/mol. The molecule has 102 valence electrons. The van der Waals surface area contributed by atoms with E-state index in [1.165, 1.54) is 41.0 Å². The number of rotatable bonds is 2. The van der Waals surface area contributed by atoms with E-state index in [-0.39, 0.29) is 11.6 Å². The van der Waals surface area contributed by atoms with Crippen molar-refractivity contribution in [2.75, 3.05) is 0 Å². The summed E-state index contributed by atoms with van der Waals surface area (Å²) in [6, 6.07) is 8.27. The molecule has 3 rings (SSSR count). The third-order valence-electron chi connectivity index (χ3n) is 2.95. The summed E-state index contributed by atoms with van der Waals surface area (Å²) in [5.74, 6) is -0.414. The second-order valence-corrected chi connectivity index (χ2v) is 4.93. The first-order valence-electron chi connectivity index (χ1n) is 5.78. The molecule has 0 atom stereocenters. The van der Waals surface area contributed by atoms with E-state index in [2.05, 4.69) is 4.98 Å². The lowest BCUT2D eigenvalue weighted by molar-refractivity contribution is 0.616. The van der Waals surface area contributed by atoms with Gasteiger partial charge in [-0.05, 0) is 30.3 Å². The number of benzene rings is 2. The molecule has 0 aliphatic heterocycles. The number of nitrogens with zero attached hydrogens (tertiary/aromatic N) is 2. The van der Waals surface area contributed by atoms with Gasteiger partial charge in [-0.2, -0.15) is 0 Å². The Bertz CT molecular complexity index is 799. The van der Waals surface area contributed by atoms with Crippen LogP contribution in [0.4, 0.5) is 8.78 Å². The van der Waals surface area contributed by atoms with Crippen LogP contribution in [0.15, 0.2) is 36.4 Å². The van der Waals surface area contributed by atoms with Crippen LogP contribution in [0, 0.1) is 11.6 Å². The van der Waals surface area contributed by atoms with E-state index in [0.29, 0.717) is 21.9 Å². The van der Waals surface area contributed by atoms with Crippen LogP contribution in [-0.2, 0) is 5.88 Å². The van der Waals surface area contributed by atoms with Crippen molar-refractivity contribution < 1.29 is 8.78 Å². The van der Waals surface area contributed by atoms with Crippen molar-refractivity contribution in [2.24, 2.45) is 0 Å². The summed E-state index contributed by atoms with van der Waals surface area (Å²) in [5.41, 5.74) is 1.18. The Hall–Kier alpha value is -1.65. The molecule has 0 bridgehead atoms. The van der Waals surface area contributed by atoms with Crippen molar-refractivity contribution in [3.05, 3.63) is 58.9 Å². The SMILES string of the molecule is Fc1ccc2nc(CCl)n(-c3cc(Cl)ccc3F)c2c1. The molecule has 0 aliphatic rings. The largest absolute Gasteiger partial charge is 0.292 e. The highest BCUT2D eigenvalue weighted by molar-refractivity contribution is 6.30. The molecule has 2 aromatic carbocycles. The van der Waals surface area contributed by atoms with Gasteiger partial charge in [0.2, 0.25) is 0 Å². The lowest BCUT2D eigenvalue weighted by atomic mass is 10.2. The Morgan fingerprint density at radius 2 is 1.90 bits per heavy atom. The Kier molecular flexibility index (Phi) is 3.36. The number of aromatic nitrogens is 2. The van der Waals surface area contributed by atoms with Crippen LogP contribution in [0.2, 0.25) is 5.02 Å². The second-order valence-electron chi connectivity index (χ2n) is 4.23. The Morgan fingerprint density at radius 1 is 1.10 bits per heavy atom. The van der Waals surface area contributed by atoms with E-state index in [0.717, 1.165) is 0 Å². The maximum atomic E-state index is 14.0. The standard InChI is InChI=1S/C14H8Cl2F2N2/c15-7-14-19-11-4-2-9(17)6-13(11)20(14)12-5-8(16)1-3-10(12)18/h1-6H,7H2. The highest BCUT2D eigenvalue weighted by atomic mass is 35.5. The predicted molar refractivity (Wildman–Crippen MR) is 75.6 cm³/mol.